The van der Waals surface area contributed by atoms with Crippen molar-refractivity contribution < 1.29 is 69.7 Å². The second-order valence-electron chi connectivity index (χ2n) is 10.1. The molecule has 9 atom stereocenters. The molecule has 0 amide bonds. The van der Waals surface area contributed by atoms with Crippen molar-refractivity contribution in [3.8, 4) is 34.3 Å². The molecule has 0 aliphatic carbocycles. The van der Waals surface area contributed by atoms with E-state index in [2.05, 4.69) is 0 Å². The first-order valence-corrected chi connectivity index (χ1v) is 12.8. The standard InChI is InChI=1S/C27H30O15/c1-39-12-3-2-8(4-9(12)29)13-5-10(30)15-20(34)16(26-23(37)18(32)11(31)7-40-26)21(35)17(25(15)41-13)27-24(38)22(36)19(33)14(6-28)42-27/h2-5,11,14,18-19,22-24,26-29,31-38H,6-7H2,1H3. The molecule has 15 nitrogen and oxygen atoms in total. The minimum absolute atomic E-state index is 0.113. The van der Waals surface area contributed by atoms with E-state index in [0.29, 0.717) is 0 Å². The Kier molecular flexibility index (Phi) is 8.06. The van der Waals surface area contributed by atoms with E-state index < -0.39 is 107 Å². The van der Waals surface area contributed by atoms with E-state index in [1.54, 1.807) is 0 Å². The third kappa shape index (κ3) is 4.74. The summed E-state index contributed by atoms with van der Waals surface area (Å²) in [5.41, 5.74) is -2.48. The molecule has 9 unspecified atom stereocenters. The summed E-state index contributed by atoms with van der Waals surface area (Å²) in [5, 5.41) is 105. The zero-order chi connectivity index (χ0) is 30.6. The van der Waals surface area contributed by atoms with Crippen molar-refractivity contribution in [1.29, 1.82) is 0 Å². The molecule has 0 saturated carbocycles. The number of benzene rings is 2. The maximum absolute atomic E-state index is 13.5. The average molecular weight is 595 g/mol. The molecule has 42 heavy (non-hydrogen) atoms. The number of aliphatic hydroxyl groups excluding tert-OH is 7. The third-order valence-electron chi connectivity index (χ3n) is 7.62. The number of hydrogen-bond donors (Lipinski definition) is 10. The highest BCUT2D eigenvalue weighted by molar-refractivity contribution is 5.92. The summed E-state index contributed by atoms with van der Waals surface area (Å²) in [6.45, 7) is -1.37. The number of ether oxygens (including phenoxy) is 3. The van der Waals surface area contributed by atoms with Gasteiger partial charge in [0.15, 0.2) is 22.5 Å². The maximum Gasteiger partial charge on any atom is 0.197 e. The van der Waals surface area contributed by atoms with Crippen molar-refractivity contribution >= 4 is 11.0 Å². The van der Waals surface area contributed by atoms with Crippen LogP contribution in [-0.2, 0) is 9.47 Å². The van der Waals surface area contributed by atoms with Crippen LogP contribution in [0.3, 0.4) is 0 Å². The lowest BCUT2D eigenvalue weighted by molar-refractivity contribution is -0.231. The zero-order valence-corrected chi connectivity index (χ0v) is 21.9. The molecule has 0 bridgehead atoms. The van der Waals surface area contributed by atoms with Crippen LogP contribution in [0.15, 0.2) is 33.5 Å². The van der Waals surface area contributed by atoms with Crippen molar-refractivity contribution in [2.45, 2.75) is 54.9 Å². The van der Waals surface area contributed by atoms with Crippen LogP contribution in [0.5, 0.6) is 23.0 Å². The van der Waals surface area contributed by atoms with Gasteiger partial charge in [-0.2, -0.15) is 0 Å². The first-order chi connectivity index (χ1) is 19.9. The average Bonchev–Trinajstić information content (AvgIpc) is 2.96. The number of hydrogen-bond acceptors (Lipinski definition) is 15. The highest BCUT2D eigenvalue weighted by Gasteiger charge is 2.48. The molecule has 2 fully saturated rings. The van der Waals surface area contributed by atoms with Gasteiger partial charge in [0.25, 0.3) is 0 Å². The summed E-state index contributed by atoms with van der Waals surface area (Å²) in [7, 11) is 1.33. The van der Waals surface area contributed by atoms with Crippen LogP contribution in [0, 0.1) is 0 Å². The van der Waals surface area contributed by atoms with Crippen molar-refractivity contribution in [3.05, 3.63) is 45.6 Å². The fourth-order valence-corrected chi connectivity index (χ4v) is 5.33. The monoisotopic (exact) mass is 594 g/mol. The minimum Gasteiger partial charge on any atom is -0.507 e. The molecule has 5 rings (SSSR count). The SMILES string of the molecule is COc1ccc(-c2cc(=O)c3c(O)c(C4OCC(O)C(O)C4O)c(O)c(C4OC(CO)C(O)C(O)C4O)c3o2)cc1O. The van der Waals surface area contributed by atoms with E-state index in [-0.39, 0.29) is 22.8 Å². The Bertz CT molecular complexity index is 1530. The first kappa shape index (κ1) is 30.0. The van der Waals surface area contributed by atoms with Crippen LogP contribution in [0.2, 0.25) is 0 Å². The molecular formula is C27H30O15. The van der Waals surface area contributed by atoms with Crippen molar-refractivity contribution in [2.24, 2.45) is 0 Å². The molecule has 15 heteroatoms. The van der Waals surface area contributed by atoms with Crippen LogP contribution in [0.1, 0.15) is 23.3 Å². The summed E-state index contributed by atoms with van der Waals surface area (Å²) in [5.74, 6) is -2.26. The molecule has 2 saturated heterocycles. The second-order valence-corrected chi connectivity index (χ2v) is 10.1. The van der Waals surface area contributed by atoms with Gasteiger partial charge in [-0.25, -0.2) is 0 Å². The molecule has 3 heterocycles. The quantitative estimate of drug-likeness (QED) is 0.157. The van der Waals surface area contributed by atoms with Crippen LogP contribution in [0.4, 0.5) is 0 Å². The molecule has 228 valence electrons. The second kappa shape index (κ2) is 11.3. The van der Waals surface area contributed by atoms with Crippen LogP contribution < -0.4 is 10.2 Å². The minimum atomic E-state index is -1.99. The van der Waals surface area contributed by atoms with Gasteiger partial charge < -0.3 is 69.7 Å². The number of fused-ring (bicyclic) bond motifs is 1. The predicted octanol–water partition coefficient (Wildman–Crippen LogP) is -1.75. The normalized spacial score (nSPS) is 31.8. The highest BCUT2D eigenvalue weighted by Crippen LogP contribution is 2.50. The topological polar surface area (TPSA) is 260 Å². The Hall–Kier alpha value is -3.51. The van der Waals surface area contributed by atoms with Gasteiger partial charge in [-0.3, -0.25) is 4.79 Å². The van der Waals surface area contributed by atoms with Gasteiger partial charge in [-0.1, -0.05) is 0 Å². The Balaban J connectivity index is 1.81. The van der Waals surface area contributed by atoms with Crippen molar-refractivity contribution in [3.63, 3.8) is 0 Å². The van der Waals surface area contributed by atoms with Gasteiger partial charge in [0, 0.05) is 11.6 Å². The molecule has 0 radical (unpaired) electrons. The number of rotatable bonds is 5. The molecule has 0 spiro atoms. The zero-order valence-electron chi connectivity index (χ0n) is 21.9. The van der Waals surface area contributed by atoms with Gasteiger partial charge in [-0.15, -0.1) is 0 Å². The number of aromatic hydroxyl groups is 3. The van der Waals surface area contributed by atoms with Gasteiger partial charge in [0.05, 0.1) is 31.5 Å². The van der Waals surface area contributed by atoms with E-state index in [4.69, 9.17) is 18.6 Å². The molecule has 1 aromatic heterocycles. The fourth-order valence-electron chi connectivity index (χ4n) is 5.33. The van der Waals surface area contributed by atoms with E-state index in [9.17, 15) is 55.9 Å². The predicted molar refractivity (Wildman–Crippen MR) is 139 cm³/mol. The van der Waals surface area contributed by atoms with Crippen LogP contribution >= 0.6 is 0 Å². The first-order valence-electron chi connectivity index (χ1n) is 12.8. The number of phenols is 3. The summed E-state index contributed by atoms with van der Waals surface area (Å²) in [6, 6.07) is 4.98. The summed E-state index contributed by atoms with van der Waals surface area (Å²) >= 11 is 0. The Labute approximate surface area is 236 Å². The highest BCUT2D eigenvalue weighted by atomic mass is 16.5. The smallest absolute Gasteiger partial charge is 0.197 e. The summed E-state index contributed by atoms with van der Waals surface area (Å²) in [4.78, 5) is 13.5. The number of aliphatic hydroxyl groups is 7. The number of phenolic OH excluding ortho intramolecular Hbond substituents is 3. The molecule has 2 aromatic carbocycles. The van der Waals surface area contributed by atoms with Gasteiger partial charge >= 0.3 is 0 Å². The van der Waals surface area contributed by atoms with Gasteiger partial charge in [0.1, 0.15) is 77.6 Å². The van der Waals surface area contributed by atoms with E-state index in [1.165, 1.54) is 25.3 Å². The molecule has 2 aliphatic heterocycles. The van der Waals surface area contributed by atoms with Crippen molar-refractivity contribution in [2.75, 3.05) is 20.3 Å². The van der Waals surface area contributed by atoms with E-state index in [0.717, 1.165) is 6.07 Å². The lowest BCUT2D eigenvalue weighted by atomic mass is 9.85. The Morgan fingerprint density at radius 2 is 1.55 bits per heavy atom. The molecule has 3 aromatic rings. The lowest BCUT2D eigenvalue weighted by Gasteiger charge is -2.41. The van der Waals surface area contributed by atoms with E-state index in [1.807, 2.05) is 0 Å². The molecular weight excluding hydrogens is 564 g/mol. The van der Waals surface area contributed by atoms with Gasteiger partial charge in [-0.05, 0) is 18.2 Å². The summed E-state index contributed by atoms with van der Waals surface area (Å²) < 4.78 is 22.0. The van der Waals surface area contributed by atoms with Gasteiger partial charge in [0.2, 0.25) is 0 Å². The maximum atomic E-state index is 13.5. The Morgan fingerprint density at radius 3 is 2.19 bits per heavy atom. The molecule has 10 N–H and O–H groups in total. The van der Waals surface area contributed by atoms with Crippen LogP contribution in [0.25, 0.3) is 22.3 Å². The van der Waals surface area contributed by atoms with Crippen LogP contribution in [-0.4, -0.2) is 114 Å². The van der Waals surface area contributed by atoms with Crippen molar-refractivity contribution in [1.82, 2.24) is 0 Å². The van der Waals surface area contributed by atoms with E-state index >= 15 is 0 Å². The molecule has 2 aliphatic rings. The third-order valence-corrected chi connectivity index (χ3v) is 7.62. The summed E-state index contributed by atoms with van der Waals surface area (Å²) in [6.07, 6.45) is -15.9. The fraction of sp³-hybridized carbons (Fsp3) is 0.444. The lowest BCUT2D eigenvalue weighted by Crippen LogP contribution is -2.55. The number of methoxy groups -OCH3 is 1. The Morgan fingerprint density at radius 1 is 0.857 bits per heavy atom. The largest absolute Gasteiger partial charge is 0.507 e.